The number of phenols is 1. The number of aliphatic hydroxyl groups is 2. The van der Waals surface area contributed by atoms with Gasteiger partial charge in [-0.25, -0.2) is 4.39 Å². The molecule has 14 heteroatoms. The molecule has 5 rings (SSSR count). The molecule has 6 N–H and O–H groups in total. The van der Waals surface area contributed by atoms with Crippen LogP contribution in [0.25, 0.3) is 0 Å². The van der Waals surface area contributed by atoms with Gasteiger partial charge >= 0.3 is 0 Å². The number of aliphatic hydroxyl groups excluding tert-OH is 1. The van der Waals surface area contributed by atoms with Gasteiger partial charge in [-0.15, -0.1) is 0 Å². The van der Waals surface area contributed by atoms with Crippen molar-refractivity contribution in [3.63, 3.8) is 0 Å². The predicted octanol–water partition coefficient (Wildman–Crippen LogP) is -1.99. The molecule has 41 heavy (non-hydrogen) atoms. The Hall–Kier alpha value is -3.59. The van der Waals surface area contributed by atoms with Crippen LogP contribution in [-0.4, -0.2) is 112 Å². The highest BCUT2D eigenvalue weighted by Gasteiger charge is 2.69. The lowest BCUT2D eigenvalue weighted by atomic mass is 9.52. The quantitative estimate of drug-likeness (QED) is 0.192. The van der Waals surface area contributed by atoms with Gasteiger partial charge < -0.3 is 26.4 Å². The van der Waals surface area contributed by atoms with Crippen LogP contribution in [0, 0.1) is 29.5 Å². The molecular weight excluding hydrogens is 543 g/mol. The zero-order valence-electron chi connectivity index (χ0n) is 22.4. The Morgan fingerprint density at radius 1 is 1.22 bits per heavy atom. The lowest BCUT2D eigenvalue weighted by Gasteiger charge is -2.52. The number of nitrogens with zero attached hydrogens (tertiary/aromatic N) is 2. The summed E-state index contributed by atoms with van der Waals surface area (Å²) in [6, 6.07) is -0.392. The largest absolute Gasteiger partial charge is 0.505 e. The van der Waals surface area contributed by atoms with E-state index in [2.05, 4.69) is 5.32 Å². The van der Waals surface area contributed by atoms with Gasteiger partial charge in [-0.3, -0.25) is 38.6 Å². The highest BCUT2D eigenvalue weighted by molar-refractivity contribution is 6.32. The Morgan fingerprint density at radius 2 is 1.90 bits per heavy atom. The molecule has 7 atom stereocenters. The summed E-state index contributed by atoms with van der Waals surface area (Å²) in [6.07, 6.45) is -0.530. The van der Waals surface area contributed by atoms with Crippen LogP contribution >= 0.6 is 0 Å². The minimum Gasteiger partial charge on any atom is -0.505 e. The molecular formula is C27H31FN4O9. The number of hydrogen-bond donors (Lipinski definition) is 5. The Morgan fingerprint density at radius 3 is 2.49 bits per heavy atom. The first-order valence-electron chi connectivity index (χ1n) is 13.3. The summed E-state index contributed by atoms with van der Waals surface area (Å²) in [5.74, 6) is -14.2. The maximum absolute atomic E-state index is 15.4. The molecule has 2 saturated carbocycles. The average Bonchev–Trinajstić information content (AvgIpc) is 3.28. The van der Waals surface area contributed by atoms with Crippen LogP contribution in [0.1, 0.15) is 28.8 Å². The number of hydrogen-bond acceptors (Lipinski definition) is 11. The number of carbonyl (C=O) groups excluding carboxylic acids is 6. The lowest BCUT2D eigenvalue weighted by molar-refractivity contribution is -0.181. The number of fused-ring (bicyclic) bond motifs is 3. The molecule has 3 aliphatic carbocycles. The van der Waals surface area contributed by atoms with Crippen molar-refractivity contribution in [2.45, 2.75) is 37.0 Å². The number of Topliss-reactive ketones (excluding diaryl/α,β-unsaturated/α-hetero) is 4. The number of phenolic OH excluding ortho intramolecular Hbond substituents is 1. The average molecular weight is 575 g/mol. The summed E-state index contributed by atoms with van der Waals surface area (Å²) in [5.41, 5.74) is 1.25. The topological polar surface area (TPSA) is 208 Å². The van der Waals surface area contributed by atoms with Crippen LogP contribution < -0.4 is 11.1 Å². The molecule has 3 fully saturated rings. The van der Waals surface area contributed by atoms with Gasteiger partial charge in [0.05, 0.1) is 35.9 Å². The van der Waals surface area contributed by atoms with E-state index in [4.69, 9.17) is 5.73 Å². The first-order valence-corrected chi connectivity index (χ1v) is 13.3. The molecule has 0 radical (unpaired) electrons. The summed E-state index contributed by atoms with van der Waals surface area (Å²) in [6.45, 7) is 0.569. The van der Waals surface area contributed by atoms with Crippen molar-refractivity contribution in [1.82, 2.24) is 9.80 Å². The van der Waals surface area contributed by atoms with E-state index in [1.165, 1.54) is 19.0 Å². The van der Waals surface area contributed by atoms with E-state index in [0.29, 0.717) is 13.0 Å². The molecule has 1 aromatic rings. The molecule has 0 bridgehead atoms. The first kappa shape index (κ1) is 28.9. The maximum atomic E-state index is 15.4. The molecule has 1 saturated heterocycles. The molecule has 0 aromatic heterocycles. The number of benzene rings is 1. The Balaban J connectivity index is 1.51. The zero-order chi connectivity index (χ0) is 30.1. The van der Waals surface area contributed by atoms with Crippen molar-refractivity contribution in [1.29, 1.82) is 0 Å². The van der Waals surface area contributed by atoms with Crippen LogP contribution in [0.15, 0.2) is 6.07 Å². The number of halogens is 1. The number of carbonyl (C=O) groups is 6. The second kappa shape index (κ2) is 10.0. The normalized spacial score (nSPS) is 33.4. The minimum absolute atomic E-state index is 0.157. The third-order valence-corrected chi connectivity index (χ3v) is 8.90. The number of primary amides is 1. The molecule has 220 valence electrons. The number of likely N-dealkylation sites (N-methyl/N-ethyl adjacent to an activating group) is 1. The standard InChI is InChI=1S/C27H31FN4O9/c1-31(2)20-13-6-10-5-12-14(28)7-15(30-16(34)9-32-4-3-11(33)8-32)21(35)18(12)22(36)17(10)24(38)27(13,41)25(39)19(23(20)37)26(29)40/h7,10-11,13,17,19-20,33,35,41H,3-6,8-9H2,1-2H3,(H2,29,40)(H,30,34)/t10-,11+,13-,17?,19?,20-,27-/m0/s1. The number of amides is 2. The van der Waals surface area contributed by atoms with E-state index >= 15 is 4.39 Å². The summed E-state index contributed by atoms with van der Waals surface area (Å²) in [7, 11) is 2.93. The van der Waals surface area contributed by atoms with E-state index in [0.717, 1.165) is 6.07 Å². The van der Waals surface area contributed by atoms with Crippen molar-refractivity contribution >= 4 is 40.6 Å². The zero-order valence-corrected chi connectivity index (χ0v) is 22.4. The van der Waals surface area contributed by atoms with E-state index in [1.54, 1.807) is 4.90 Å². The second-order valence-corrected chi connectivity index (χ2v) is 11.6. The number of aromatic hydroxyl groups is 1. The van der Waals surface area contributed by atoms with E-state index in [-0.39, 0.29) is 31.5 Å². The van der Waals surface area contributed by atoms with Crippen LogP contribution in [-0.2, 0) is 30.4 Å². The van der Waals surface area contributed by atoms with E-state index < -0.39 is 99.2 Å². The van der Waals surface area contributed by atoms with E-state index in [1.807, 2.05) is 0 Å². The highest BCUT2D eigenvalue weighted by atomic mass is 19.1. The van der Waals surface area contributed by atoms with Crippen LogP contribution in [0.2, 0.25) is 0 Å². The van der Waals surface area contributed by atoms with Gasteiger partial charge in [-0.05, 0) is 39.3 Å². The van der Waals surface area contributed by atoms with Gasteiger partial charge in [0.2, 0.25) is 11.8 Å². The molecule has 13 nitrogen and oxygen atoms in total. The van der Waals surface area contributed by atoms with Crippen molar-refractivity contribution in [3.8, 4) is 5.75 Å². The number of β-amino-alcohol motifs (C(OH)–C–C–N with tert-alkyl or cyclic N) is 1. The third-order valence-electron chi connectivity index (χ3n) is 8.90. The molecule has 2 unspecified atom stereocenters. The van der Waals surface area contributed by atoms with Crippen LogP contribution in [0.4, 0.5) is 10.1 Å². The Labute approximate surface area is 233 Å². The van der Waals surface area contributed by atoms with Crippen molar-refractivity contribution < 1.29 is 48.5 Å². The van der Waals surface area contributed by atoms with Gasteiger partial charge in [0.1, 0.15) is 11.6 Å². The smallest absolute Gasteiger partial charge is 0.238 e. The highest BCUT2D eigenvalue weighted by Crippen LogP contribution is 2.51. The van der Waals surface area contributed by atoms with Crippen LogP contribution in [0.5, 0.6) is 5.75 Å². The van der Waals surface area contributed by atoms with Crippen LogP contribution in [0.3, 0.4) is 0 Å². The van der Waals surface area contributed by atoms with Crippen molar-refractivity contribution in [3.05, 3.63) is 23.0 Å². The Bertz CT molecular complexity index is 1400. The lowest BCUT2D eigenvalue weighted by Crippen LogP contribution is -2.74. The second-order valence-electron chi connectivity index (χ2n) is 11.6. The van der Waals surface area contributed by atoms with Crippen molar-refractivity contribution in [2.75, 3.05) is 39.0 Å². The number of rotatable bonds is 5. The minimum atomic E-state index is -2.89. The van der Waals surface area contributed by atoms with Gasteiger partial charge in [0.25, 0.3) is 0 Å². The monoisotopic (exact) mass is 574 g/mol. The number of nitrogens with two attached hydrogens (primary N) is 1. The van der Waals surface area contributed by atoms with Gasteiger partial charge in [0, 0.05) is 30.6 Å². The number of likely N-dealkylation sites (tertiary alicyclic amines) is 1. The third kappa shape index (κ3) is 4.36. The van der Waals surface area contributed by atoms with Gasteiger partial charge in [-0.1, -0.05) is 0 Å². The SMILES string of the molecule is CN(C)[C@@H]1C(=O)C(C(N)=O)C(=O)[C@@]2(O)C(=O)C3C(=O)c4c(O)c(NC(=O)CN5CC[C@@H](O)C5)cc(F)c4C[C@H]3C[C@@H]12. The maximum Gasteiger partial charge on any atom is 0.238 e. The first-order chi connectivity index (χ1) is 19.2. The number of nitrogens with one attached hydrogen (secondary N) is 1. The molecule has 2 amide bonds. The fourth-order valence-electron chi connectivity index (χ4n) is 7.07. The Kier molecular flexibility index (Phi) is 7.09. The molecule has 1 heterocycles. The molecule has 0 spiro atoms. The molecule has 4 aliphatic rings. The molecule has 1 aromatic carbocycles. The number of ketones is 4. The van der Waals surface area contributed by atoms with E-state index in [9.17, 15) is 44.1 Å². The summed E-state index contributed by atoms with van der Waals surface area (Å²) in [5, 5.41) is 34.6. The van der Waals surface area contributed by atoms with Crippen molar-refractivity contribution in [2.24, 2.45) is 29.4 Å². The summed E-state index contributed by atoms with van der Waals surface area (Å²) >= 11 is 0. The summed E-state index contributed by atoms with van der Waals surface area (Å²) < 4.78 is 15.4. The predicted molar refractivity (Wildman–Crippen MR) is 137 cm³/mol. The summed E-state index contributed by atoms with van der Waals surface area (Å²) in [4.78, 5) is 81.6. The molecule has 1 aliphatic heterocycles. The number of anilines is 1. The fourth-order valence-corrected chi connectivity index (χ4v) is 7.07. The van der Waals surface area contributed by atoms with Gasteiger partial charge in [0.15, 0.2) is 34.7 Å². The fraction of sp³-hybridized carbons (Fsp3) is 0.556. The van der Waals surface area contributed by atoms with Gasteiger partial charge in [-0.2, -0.15) is 0 Å².